The lowest BCUT2D eigenvalue weighted by Gasteiger charge is -2.28. The Morgan fingerprint density at radius 2 is 0.519 bits per heavy atom. The molecule has 12 nitrogen and oxygen atoms in total. The Hall–Kier alpha value is -6.30. The molecule has 0 saturated carbocycles. The Morgan fingerprint density at radius 3 is 0.691 bits per heavy atom. The standard InChI is InChI=1S/C69H102N6O6/c1-40(70-37-67(22,23)73-34-46-49(64(13,14)15)28-43(31-52(46)76)61(4,5)6)55-58(79)56(41(2)71-38-68(24,25)74-35-47-50(65(16,17)18)29-44(32-53(47)77)62(7,8)9)60(81)57(59(55)80)42(3)72-39-69(26,27)75-36-48-51(66(19,20)21)30-45(33-54(48)78)63(10,11)12/h28-36,76-81H,37-39H2,1-27H3. The van der Waals surface area contributed by atoms with Crippen LogP contribution in [0.2, 0.25) is 0 Å². The van der Waals surface area contributed by atoms with Crippen LogP contribution in [-0.4, -0.2) is 103 Å². The first-order valence-corrected chi connectivity index (χ1v) is 28.5. The number of aliphatic imine (C=N–C) groups is 6. The van der Waals surface area contributed by atoms with Crippen molar-refractivity contribution >= 4 is 35.8 Å². The van der Waals surface area contributed by atoms with Gasteiger partial charge in [-0.15, -0.1) is 0 Å². The summed E-state index contributed by atoms with van der Waals surface area (Å²) >= 11 is 0. The summed E-state index contributed by atoms with van der Waals surface area (Å²) in [5.41, 5.74) is 4.77. The number of benzene rings is 4. The van der Waals surface area contributed by atoms with E-state index in [1.165, 1.54) is 0 Å². The Morgan fingerprint density at radius 1 is 0.321 bits per heavy atom. The minimum atomic E-state index is -0.815. The highest BCUT2D eigenvalue weighted by Gasteiger charge is 2.32. The molecule has 0 aliphatic carbocycles. The highest BCUT2D eigenvalue weighted by atomic mass is 16.3. The first-order valence-electron chi connectivity index (χ1n) is 28.5. The van der Waals surface area contributed by atoms with Crippen molar-refractivity contribution in [3.63, 3.8) is 0 Å². The van der Waals surface area contributed by atoms with Gasteiger partial charge < -0.3 is 30.6 Å². The van der Waals surface area contributed by atoms with Crippen LogP contribution in [-0.2, 0) is 32.5 Å². The van der Waals surface area contributed by atoms with E-state index in [4.69, 9.17) is 30.0 Å². The third-order valence-corrected chi connectivity index (χ3v) is 14.7. The second-order valence-corrected chi connectivity index (χ2v) is 30.5. The van der Waals surface area contributed by atoms with E-state index >= 15 is 0 Å². The summed E-state index contributed by atoms with van der Waals surface area (Å²) in [6.07, 6.45) is 5.12. The zero-order valence-corrected chi connectivity index (χ0v) is 54.7. The molecule has 0 aliphatic rings. The van der Waals surface area contributed by atoms with E-state index in [2.05, 4.69) is 143 Å². The predicted octanol–water partition coefficient (Wildman–Crippen LogP) is 15.8. The van der Waals surface area contributed by atoms with E-state index in [1.54, 1.807) is 57.6 Å². The van der Waals surface area contributed by atoms with Gasteiger partial charge in [0.15, 0.2) is 0 Å². The van der Waals surface area contributed by atoms with Gasteiger partial charge >= 0.3 is 0 Å². The van der Waals surface area contributed by atoms with E-state index < -0.39 is 33.9 Å². The van der Waals surface area contributed by atoms with Crippen molar-refractivity contribution in [2.75, 3.05) is 19.6 Å². The maximum atomic E-state index is 12.3. The van der Waals surface area contributed by atoms with Crippen molar-refractivity contribution in [3.05, 3.63) is 103 Å². The van der Waals surface area contributed by atoms with Crippen molar-refractivity contribution in [3.8, 4) is 34.5 Å². The van der Waals surface area contributed by atoms with Gasteiger partial charge in [-0.2, -0.15) is 0 Å². The highest BCUT2D eigenvalue weighted by molar-refractivity contribution is 6.16. The van der Waals surface area contributed by atoms with E-state index in [1.807, 2.05) is 41.5 Å². The summed E-state index contributed by atoms with van der Waals surface area (Å²) in [7, 11) is 0. The molecule has 0 aliphatic heterocycles. The van der Waals surface area contributed by atoms with E-state index in [-0.39, 0.29) is 103 Å². The molecule has 4 aromatic rings. The predicted molar refractivity (Wildman–Crippen MR) is 344 cm³/mol. The molecule has 0 amide bonds. The lowest BCUT2D eigenvalue weighted by Crippen LogP contribution is -2.24. The van der Waals surface area contributed by atoms with Gasteiger partial charge in [0, 0.05) is 52.5 Å². The zero-order chi connectivity index (χ0) is 62.4. The molecule has 4 rings (SSSR count). The molecule has 0 spiro atoms. The first-order chi connectivity index (χ1) is 36.4. The fraction of sp³-hybridized carbons (Fsp3) is 0.565. The summed E-state index contributed by atoms with van der Waals surface area (Å²) < 4.78 is 0. The van der Waals surface area contributed by atoms with Crippen molar-refractivity contribution in [2.45, 2.75) is 236 Å². The summed E-state index contributed by atoms with van der Waals surface area (Å²) in [4.78, 5) is 29.7. The second kappa shape index (κ2) is 23.5. The highest BCUT2D eigenvalue weighted by Crippen LogP contribution is 2.45. The molecule has 4 aromatic carbocycles. The smallest absolute Gasteiger partial charge is 0.141 e. The molecule has 0 bridgehead atoms. The molecule has 81 heavy (non-hydrogen) atoms. The van der Waals surface area contributed by atoms with Crippen molar-refractivity contribution in [1.29, 1.82) is 0 Å². The molecule has 6 N–H and O–H groups in total. The molecule has 0 aromatic heterocycles. The maximum absolute atomic E-state index is 12.3. The lowest BCUT2D eigenvalue weighted by molar-refractivity contribution is 0.423. The van der Waals surface area contributed by atoms with Crippen LogP contribution in [0.15, 0.2) is 66.4 Å². The Bertz CT molecular complexity index is 2820. The van der Waals surface area contributed by atoms with Gasteiger partial charge in [0.2, 0.25) is 0 Å². The fourth-order valence-corrected chi connectivity index (χ4v) is 9.23. The molecule has 0 radical (unpaired) electrons. The summed E-state index contributed by atoms with van der Waals surface area (Å²) in [6, 6.07) is 11.8. The number of phenols is 6. The summed E-state index contributed by atoms with van der Waals surface area (Å²) in [5.74, 6) is -0.818. The molecule has 444 valence electrons. The van der Waals surface area contributed by atoms with Crippen LogP contribution in [0, 0.1) is 0 Å². The third kappa shape index (κ3) is 16.9. The maximum Gasteiger partial charge on any atom is 0.141 e. The molecule has 0 heterocycles. The number of hydrogen-bond donors (Lipinski definition) is 6. The van der Waals surface area contributed by atoms with Crippen LogP contribution in [0.4, 0.5) is 0 Å². The number of rotatable bonds is 15. The number of aromatic hydroxyl groups is 6. The second-order valence-electron chi connectivity index (χ2n) is 30.5. The van der Waals surface area contributed by atoms with E-state index in [9.17, 15) is 30.6 Å². The van der Waals surface area contributed by atoms with Crippen LogP contribution in [0.1, 0.15) is 254 Å². The normalized spacial score (nSPS) is 14.6. The zero-order valence-electron chi connectivity index (χ0n) is 54.7. The van der Waals surface area contributed by atoms with Gasteiger partial charge in [-0.3, -0.25) is 30.0 Å². The Balaban J connectivity index is 1.89. The van der Waals surface area contributed by atoms with Gasteiger partial charge in [-0.25, -0.2) is 0 Å². The van der Waals surface area contributed by atoms with Gasteiger partial charge in [0.25, 0.3) is 0 Å². The van der Waals surface area contributed by atoms with Crippen LogP contribution < -0.4 is 0 Å². The minimum Gasteiger partial charge on any atom is -0.507 e. The monoisotopic (exact) mass is 1110 g/mol. The van der Waals surface area contributed by atoms with Crippen molar-refractivity contribution in [2.24, 2.45) is 30.0 Å². The molecule has 0 atom stereocenters. The van der Waals surface area contributed by atoms with Gasteiger partial charge in [0.05, 0.1) is 52.9 Å². The van der Waals surface area contributed by atoms with Crippen molar-refractivity contribution in [1.82, 2.24) is 0 Å². The largest absolute Gasteiger partial charge is 0.507 e. The van der Waals surface area contributed by atoms with Crippen molar-refractivity contribution < 1.29 is 30.6 Å². The molecule has 0 unspecified atom stereocenters. The van der Waals surface area contributed by atoms with Crippen LogP contribution in [0.3, 0.4) is 0 Å². The van der Waals surface area contributed by atoms with E-state index in [0.29, 0.717) is 16.7 Å². The fourth-order valence-electron chi connectivity index (χ4n) is 9.23. The number of phenolic OH excluding ortho intramolecular Hbond substituents is 6. The SMILES string of the molecule is CC(=NCC(C)(C)N=Cc1c(O)cc(C(C)(C)C)cc1C(C)(C)C)c1c(O)c(C(C)=NCC(C)(C)N=Cc2c(O)cc(C(C)(C)C)cc2C(C)(C)C)c(O)c(C(C)=NCC(C)(C)N=Cc2c(O)cc(C(C)(C)C)cc2C(C)(C)C)c1O. The Labute approximate surface area is 487 Å². The molecule has 0 saturated heterocycles. The lowest BCUT2D eigenvalue weighted by atomic mass is 9.78. The average molecular weight is 1110 g/mol. The number of hydrogen-bond acceptors (Lipinski definition) is 12. The van der Waals surface area contributed by atoms with E-state index in [0.717, 1.165) is 33.4 Å². The Kier molecular flexibility index (Phi) is 19.5. The van der Waals surface area contributed by atoms with Gasteiger partial charge in [-0.1, -0.05) is 143 Å². The van der Waals surface area contributed by atoms with Crippen LogP contribution in [0.25, 0.3) is 0 Å². The van der Waals surface area contributed by atoms with Crippen LogP contribution >= 0.6 is 0 Å². The minimum absolute atomic E-state index is 0.00514. The van der Waals surface area contributed by atoms with Gasteiger partial charge in [0.1, 0.15) is 34.5 Å². The first kappa shape index (κ1) is 67.2. The van der Waals surface area contributed by atoms with Gasteiger partial charge in [-0.05, 0) is 146 Å². The summed E-state index contributed by atoms with van der Waals surface area (Å²) in [6.45, 7) is 55.0. The molecule has 12 heteroatoms. The number of nitrogens with zero attached hydrogens (tertiary/aromatic N) is 6. The third-order valence-electron chi connectivity index (χ3n) is 14.7. The van der Waals surface area contributed by atoms with Crippen LogP contribution in [0.5, 0.6) is 34.5 Å². The quantitative estimate of drug-likeness (QED) is 0.0641. The molecular formula is C69H102N6O6. The summed E-state index contributed by atoms with van der Waals surface area (Å²) in [5, 5.41) is 71.2. The topological polar surface area (TPSA) is 196 Å². The molecule has 0 fully saturated rings. The average Bonchev–Trinajstić information content (AvgIpc) is 3.32. The molecular weight excluding hydrogens is 1010 g/mol.